The molecular formula is C51H34N4OS. The van der Waals surface area contributed by atoms with E-state index >= 15 is 0 Å². The van der Waals surface area contributed by atoms with Crippen molar-refractivity contribution < 1.29 is 4.42 Å². The third kappa shape index (κ3) is 5.14. The molecule has 5 nitrogen and oxygen atoms in total. The minimum atomic E-state index is -0.434. The lowest BCUT2D eigenvalue weighted by molar-refractivity contribution is 0.668. The molecule has 4 heterocycles. The molecule has 0 spiro atoms. The molecule has 1 aliphatic carbocycles. The maximum absolute atomic E-state index is 6.56. The molecule has 12 rings (SSSR count). The van der Waals surface area contributed by atoms with Crippen molar-refractivity contribution in [3.05, 3.63) is 204 Å². The minimum absolute atomic E-state index is 0.262. The van der Waals surface area contributed by atoms with Gasteiger partial charge < -0.3 is 14.6 Å². The van der Waals surface area contributed by atoms with Gasteiger partial charge in [0.05, 0.1) is 6.04 Å². The standard InChI is InChI=1S/C51H34N4OS/c1-3-13-31(14-4-1)49-52-50(32-15-5-2-6-16-32)54-51(53-49)33-25-27-44-41(29-33)47-37(19-12-24-45(47)56-44)38-20-11-21-39-40-30-34(26-28-46(40)57-48(38)39)55-42-22-9-7-17-35(42)36-18-8-10-23-43(36)55/h1-30,35,42,51H,(H,52,53,54). The summed E-state index contributed by atoms with van der Waals surface area (Å²) < 4.78 is 9.11. The molecule has 2 atom stereocenters. The molecule has 57 heavy (non-hydrogen) atoms. The molecule has 9 aromatic rings. The van der Waals surface area contributed by atoms with Crippen molar-refractivity contribution in [2.45, 2.75) is 18.1 Å². The van der Waals surface area contributed by atoms with E-state index < -0.39 is 6.17 Å². The van der Waals surface area contributed by atoms with E-state index in [1.165, 1.54) is 42.7 Å². The maximum atomic E-state index is 6.56. The first-order valence-electron chi connectivity index (χ1n) is 19.4. The molecule has 0 fully saturated rings. The van der Waals surface area contributed by atoms with E-state index in [0.717, 1.165) is 55.9 Å². The second-order valence-corrected chi connectivity index (χ2v) is 16.0. The van der Waals surface area contributed by atoms with Crippen LogP contribution in [0.2, 0.25) is 0 Å². The second kappa shape index (κ2) is 12.8. The number of nitrogens with one attached hydrogen (secondary N) is 1. The molecular weight excluding hydrogens is 717 g/mol. The Bertz CT molecular complexity index is 3130. The van der Waals surface area contributed by atoms with Crippen LogP contribution in [0.5, 0.6) is 0 Å². The van der Waals surface area contributed by atoms with Gasteiger partial charge in [-0.3, -0.25) is 0 Å². The van der Waals surface area contributed by atoms with Crippen molar-refractivity contribution in [1.82, 2.24) is 5.32 Å². The number of para-hydroxylation sites is 1. The van der Waals surface area contributed by atoms with Crippen molar-refractivity contribution in [2.75, 3.05) is 4.90 Å². The summed E-state index contributed by atoms with van der Waals surface area (Å²) in [5, 5.41) is 8.22. The van der Waals surface area contributed by atoms with Crippen LogP contribution in [0.4, 0.5) is 11.4 Å². The number of rotatable bonds is 5. The highest BCUT2D eigenvalue weighted by Gasteiger charge is 2.37. The molecule has 3 aliphatic rings. The zero-order valence-electron chi connectivity index (χ0n) is 30.7. The Hall–Kier alpha value is -7.02. The summed E-state index contributed by atoms with van der Waals surface area (Å²) in [6, 6.07) is 56.2. The Labute approximate surface area is 333 Å². The van der Waals surface area contributed by atoms with Crippen molar-refractivity contribution in [1.29, 1.82) is 0 Å². The first-order valence-corrected chi connectivity index (χ1v) is 20.2. The van der Waals surface area contributed by atoms with Gasteiger partial charge in [0.2, 0.25) is 0 Å². The Balaban J connectivity index is 0.991. The zero-order valence-corrected chi connectivity index (χ0v) is 31.5. The van der Waals surface area contributed by atoms with Gasteiger partial charge in [0.25, 0.3) is 0 Å². The van der Waals surface area contributed by atoms with Gasteiger partial charge in [-0.1, -0.05) is 140 Å². The van der Waals surface area contributed by atoms with Gasteiger partial charge in [-0.05, 0) is 59.2 Å². The maximum Gasteiger partial charge on any atom is 0.169 e. The lowest BCUT2D eigenvalue weighted by atomic mass is 9.91. The highest BCUT2D eigenvalue weighted by atomic mass is 32.1. The van der Waals surface area contributed by atoms with Gasteiger partial charge in [0.1, 0.15) is 22.8 Å². The molecule has 2 unspecified atom stereocenters. The van der Waals surface area contributed by atoms with E-state index in [4.69, 9.17) is 14.4 Å². The molecule has 0 saturated heterocycles. The quantitative estimate of drug-likeness (QED) is 0.191. The second-order valence-electron chi connectivity index (χ2n) is 14.9. The van der Waals surface area contributed by atoms with Crippen molar-refractivity contribution in [3.63, 3.8) is 0 Å². The highest BCUT2D eigenvalue weighted by molar-refractivity contribution is 7.26. The summed E-state index contributed by atoms with van der Waals surface area (Å²) in [7, 11) is 0. The van der Waals surface area contributed by atoms with Crippen LogP contribution in [0.25, 0.3) is 53.2 Å². The third-order valence-corrected chi connectivity index (χ3v) is 12.9. The lowest BCUT2D eigenvalue weighted by Crippen LogP contribution is -2.35. The van der Waals surface area contributed by atoms with Crippen LogP contribution in [0.3, 0.4) is 0 Å². The summed E-state index contributed by atoms with van der Waals surface area (Å²) in [5.41, 5.74) is 11.0. The van der Waals surface area contributed by atoms with E-state index in [1.807, 2.05) is 47.7 Å². The van der Waals surface area contributed by atoms with Gasteiger partial charge >= 0.3 is 0 Å². The van der Waals surface area contributed by atoms with Crippen molar-refractivity contribution in [2.24, 2.45) is 9.98 Å². The van der Waals surface area contributed by atoms with Crippen LogP contribution in [0, 0.1) is 0 Å². The summed E-state index contributed by atoms with van der Waals surface area (Å²) in [6.07, 6.45) is 8.62. The summed E-state index contributed by atoms with van der Waals surface area (Å²) in [4.78, 5) is 12.8. The van der Waals surface area contributed by atoms with Crippen LogP contribution in [0.1, 0.15) is 34.3 Å². The average Bonchev–Trinajstić information content (AvgIpc) is 3.96. The molecule has 0 radical (unpaired) electrons. The SMILES string of the molecule is C1=CC2c3ccccc3N(c3ccc4sc5c(-c6cccc7oc8ccc(C9N=C(c%10ccccc%10)NC(c%10ccccc%10)=N9)cc8c67)cccc5c4c3)C2C=C1. The number of hydrogen-bond acceptors (Lipinski definition) is 6. The number of nitrogens with zero attached hydrogens (tertiary/aromatic N) is 3. The molecule has 0 amide bonds. The van der Waals surface area contributed by atoms with Gasteiger partial charge in [0, 0.05) is 64.9 Å². The van der Waals surface area contributed by atoms with Crippen LogP contribution >= 0.6 is 11.3 Å². The Kier molecular flexibility index (Phi) is 7.22. The fraction of sp³-hybridized carbons (Fsp3) is 0.0588. The normalized spacial score (nSPS) is 17.6. The number of fused-ring (bicyclic) bond motifs is 9. The number of amidine groups is 2. The molecule has 2 aromatic heterocycles. The fourth-order valence-corrected chi connectivity index (χ4v) is 10.3. The zero-order chi connectivity index (χ0) is 37.5. The van der Waals surface area contributed by atoms with Crippen LogP contribution in [-0.4, -0.2) is 17.7 Å². The van der Waals surface area contributed by atoms with Gasteiger partial charge in [-0.15, -0.1) is 11.3 Å². The third-order valence-electron chi connectivity index (χ3n) is 11.7. The number of furan rings is 1. The monoisotopic (exact) mass is 750 g/mol. The highest BCUT2D eigenvalue weighted by Crippen LogP contribution is 2.50. The van der Waals surface area contributed by atoms with Gasteiger partial charge in [0.15, 0.2) is 6.17 Å². The first kappa shape index (κ1) is 32.2. The molecule has 6 heteroatoms. The molecule has 2 aliphatic heterocycles. The summed E-state index contributed by atoms with van der Waals surface area (Å²) in [5.74, 6) is 1.95. The van der Waals surface area contributed by atoms with Crippen molar-refractivity contribution in [3.8, 4) is 11.1 Å². The molecule has 7 aromatic carbocycles. The Morgan fingerprint density at radius 3 is 2.14 bits per heavy atom. The minimum Gasteiger partial charge on any atom is -0.456 e. The van der Waals surface area contributed by atoms with Crippen LogP contribution in [-0.2, 0) is 0 Å². The fourth-order valence-electron chi connectivity index (χ4n) is 9.05. The molecule has 0 saturated carbocycles. The van der Waals surface area contributed by atoms with Gasteiger partial charge in [-0.2, -0.15) is 0 Å². The topological polar surface area (TPSA) is 53.1 Å². The average molecular weight is 751 g/mol. The smallest absolute Gasteiger partial charge is 0.169 e. The largest absolute Gasteiger partial charge is 0.456 e. The van der Waals surface area contributed by atoms with Gasteiger partial charge in [-0.25, -0.2) is 9.98 Å². The number of anilines is 2. The summed E-state index contributed by atoms with van der Waals surface area (Å²) >= 11 is 1.86. The van der Waals surface area contributed by atoms with E-state index in [2.05, 4.69) is 156 Å². The lowest BCUT2D eigenvalue weighted by Gasteiger charge is -2.28. The Morgan fingerprint density at radius 1 is 0.579 bits per heavy atom. The van der Waals surface area contributed by atoms with Crippen LogP contribution in [0.15, 0.2) is 196 Å². The number of benzene rings is 7. The number of thiophene rings is 1. The number of aliphatic imine (C=N–C) groups is 2. The number of allylic oxidation sites excluding steroid dienone is 2. The van der Waals surface area contributed by atoms with Crippen LogP contribution < -0.4 is 10.2 Å². The molecule has 1 N–H and O–H groups in total. The predicted molar refractivity (Wildman–Crippen MR) is 237 cm³/mol. The van der Waals surface area contributed by atoms with E-state index in [1.54, 1.807) is 0 Å². The molecule has 0 bridgehead atoms. The summed E-state index contributed by atoms with van der Waals surface area (Å²) in [6.45, 7) is 0. The van der Waals surface area contributed by atoms with Crippen molar-refractivity contribution >= 4 is 76.5 Å². The predicted octanol–water partition coefficient (Wildman–Crippen LogP) is 12.8. The number of hydrogen-bond donors (Lipinski definition) is 1. The molecule has 270 valence electrons. The van der Waals surface area contributed by atoms with E-state index in [0.29, 0.717) is 5.92 Å². The van der Waals surface area contributed by atoms with E-state index in [9.17, 15) is 0 Å². The first-order chi connectivity index (χ1) is 28.2. The Morgan fingerprint density at radius 2 is 1.32 bits per heavy atom. The van der Waals surface area contributed by atoms with E-state index in [-0.39, 0.29) is 6.04 Å².